The van der Waals surface area contributed by atoms with Gasteiger partial charge < -0.3 is 9.47 Å². The highest BCUT2D eigenvalue weighted by molar-refractivity contribution is 9.10. The standard InChI is InChI=1S/C16H12Br2O2/c1-10-19-15(11-6-2-4-8-13(11)17)16(20-10)12-7-3-5-9-14(12)18/h2-9,15-16H,1H2/t15-,16-/m1/s1. The molecule has 2 nitrogen and oxygen atoms in total. The molecule has 0 N–H and O–H groups in total. The van der Waals surface area contributed by atoms with E-state index in [1.54, 1.807) is 0 Å². The molecule has 0 saturated carbocycles. The molecule has 1 saturated heterocycles. The Kier molecular flexibility index (Phi) is 3.85. The molecule has 2 aromatic rings. The number of rotatable bonds is 2. The molecular weight excluding hydrogens is 384 g/mol. The van der Waals surface area contributed by atoms with Gasteiger partial charge in [0.05, 0.1) is 0 Å². The van der Waals surface area contributed by atoms with Gasteiger partial charge in [-0.05, 0) is 18.7 Å². The molecule has 1 fully saturated rings. The van der Waals surface area contributed by atoms with Gasteiger partial charge in [0, 0.05) is 20.1 Å². The molecule has 0 bridgehead atoms. The Balaban J connectivity index is 2.04. The number of hydrogen-bond donors (Lipinski definition) is 0. The number of ether oxygens (including phenoxy) is 2. The molecule has 1 aliphatic heterocycles. The summed E-state index contributed by atoms with van der Waals surface area (Å²) >= 11 is 7.14. The molecular formula is C16H12Br2O2. The summed E-state index contributed by atoms with van der Waals surface area (Å²) in [5.41, 5.74) is 2.10. The zero-order valence-corrected chi connectivity index (χ0v) is 13.7. The molecule has 1 heterocycles. The van der Waals surface area contributed by atoms with E-state index in [1.807, 2.05) is 48.5 Å². The fourth-order valence-electron chi connectivity index (χ4n) is 2.30. The summed E-state index contributed by atoms with van der Waals surface area (Å²) in [6.45, 7) is 3.79. The van der Waals surface area contributed by atoms with Gasteiger partial charge in [-0.1, -0.05) is 68.3 Å². The van der Waals surface area contributed by atoms with Crippen molar-refractivity contribution in [3.8, 4) is 0 Å². The van der Waals surface area contributed by atoms with E-state index in [1.165, 1.54) is 0 Å². The van der Waals surface area contributed by atoms with Crippen LogP contribution in [0.15, 0.2) is 70.0 Å². The molecule has 102 valence electrons. The predicted octanol–water partition coefficient (Wildman–Crippen LogP) is 5.51. The van der Waals surface area contributed by atoms with Crippen LogP contribution in [0, 0.1) is 0 Å². The molecule has 2 aromatic carbocycles. The molecule has 4 heteroatoms. The molecule has 3 rings (SSSR count). The maximum Gasteiger partial charge on any atom is 0.273 e. The molecule has 2 atom stereocenters. The average molecular weight is 396 g/mol. The Morgan fingerprint density at radius 1 is 0.750 bits per heavy atom. The largest absolute Gasteiger partial charge is 0.453 e. The Labute approximate surface area is 134 Å². The van der Waals surface area contributed by atoms with Crippen LogP contribution in [0.1, 0.15) is 23.3 Å². The summed E-state index contributed by atoms with van der Waals surface area (Å²) < 4.78 is 13.6. The van der Waals surface area contributed by atoms with Gasteiger partial charge in [0.25, 0.3) is 5.95 Å². The van der Waals surface area contributed by atoms with Crippen molar-refractivity contribution in [3.05, 3.63) is 81.1 Å². The predicted molar refractivity (Wildman–Crippen MR) is 85.1 cm³/mol. The first kappa shape index (κ1) is 13.7. The zero-order chi connectivity index (χ0) is 14.1. The Morgan fingerprint density at radius 2 is 1.15 bits per heavy atom. The summed E-state index contributed by atoms with van der Waals surface area (Å²) in [4.78, 5) is 0. The van der Waals surface area contributed by atoms with Crippen LogP contribution in [0.5, 0.6) is 0 Å². The smallest absolute Gasteiger partial charge is 0.273 e. The second-order valence-electron chi connectivity index (χ2n) is 4.49. The van der Waals surface area contributed by atoms with Crippen molar-refractivity contribution in [2.45, 2.75) is 12.2 Å². The maximum atomic E-state index is 5.78. The molecule has 0 aromatic heterocycles. The normalized spacial score (nSPS) is 21.4. The lowest BCUT2D eigenvalue weighted by atomic mass is 9.98. The van der Waals surface area contributed by atoms with Crippen molar-refractivity contribution in [2.75, 3.05) is 0 Å². The van der Waals surface area contributed by atoms with Gasteiger partial charge in [0.15, 0.2) is 12.2 Å². The van der Waals surface area contributed by atoms with Crippen LogP contribution in [-0.2, 0) is 9.47 Å². The number of hydrogen-bond acceptors (Lipinski definition) is 2. The van der Waals surface area contributed by atoms with Crippen molar-refractivity contribution in [3.63, 3.8) is 0 Å². The molecule has 0 aliphatic carbocycles. The summed E-state index contributed by atoms with van der Waals surface area (Å²) in [6.07, 6.45) is -0.423. The van der Waals surface area contributed by atoms with E-state index in [0.29, 0.717) is 5.95 Å². The van der Waals surface area contributed by atoms with Gasteiger partial charge in [-0.15, -0.1) is 0 Å². The van der Waals surface area contributed by atoms with Crippen LogP contribution in [0.2, 0.25) is 0 Å². The second kappa shape index (κ2) is 5.62. The topological polar surface area (TPSA) is 18.5 Å². The van der Waals surface area contributed by atoms with Crippen LogP contribution in [-0.4, -0.2) is 0 Å². The van der Waals surface area contributed by atoms with Gasteiger partial charge in [0.2, 0.25) is 0 Å². The Bertz CT molecular complexity index is 599. The molecule has 0 radical (unpaired) electrons. The molecule has 1 aliphatic rings. The highest BCUT2D eigenvalue weighted by Gasteiger charge is 2.37. The summed E-state index contributed by atoms with van der Waals surface area (Å²) in [6, 6.07) is 16.0. The van der Waals surface area contributed by atoms with Gasteiger partial charge in [-0.2, -0.15) is 0 Å². The van der Waals surface area contributed by atoms with E-state index < -0.39 is 0 Å². The monoisotopic (exact) mass is 394 g/mol. The van der Waals surface area contributed by atoms with E-state index in [4.69, 9.17) is 9.47 Å². The number of benzene rings is 2. The third-order valence-electron chi connectivity index (χ3n) is 3.22. The maximum absolute atomic E-state index is 5.78. The first-order valence-corrected chi connectivity index (χ1v) is 7.76. The van der Waals surface area contributed by atoms with E-state index in [0.717, 1.165) is 20.1 Å². The van der Waals surface area contributed by atoms with E-state index >= 15 is 0 Å². The Hall–Kier alpha value is -1.26. The molecule has 0 spiro atoms. The van der Waals surface area contributed by atoms with Crippen LogP contribution >= 0.6 is 31.9 Å². The second-order valence-corrected chi connectivity index (χ2v) is 6.20. The quantitative estimate of drug-likeness (QED) is 0.667. The Morgan fingerprint density at radius 3 is 1.55 bits per heavy atom. The molecule has 0 amide bonds. The van der Waals surface area contributed by atoms with E-state index in [2.05, 4.69) is 38.4 Å². The minimum Gasteiger partial charge on any atom is -0.453 e. The highest BCUT2D eigenvalue weighted by Crippen LogP contribution is 2.47. The lowest BCUT2D eigenvalue weighted by Gasteiger charge is -2.18. The van der Waals surface area contributed by atoms with Gasteiger partial charge in [0.1, 0.15) is 0 Å². The van der Waals surface area contributed by atoms with Crippen molar-refractivity contribution in [1.82, 2.24) is 0 Å². The highest BCUT2D eigenvalue weighted by atomic mass is 79.9. The fourth-order valence-corrected chi connectivity index (χ4v) is 3.32. The van der Waals surface area contributed by atoms with Gasteiger partial charge >= 0.3 is 0 Å². The fraction of sp³-hybridized carbons (Fsp3) is 0.125. The summed E-state index contributed by atoms with van der Waals surface area (Å²) in [7, 11) is 0. The number of halogens is 2. The van der Waals surface area contributed by atoms with Crippen LogP contribution < -0.4 is 0 Å². The van der Waals surface area contributed by atoms with Crippen molar-refractivity contribution in [1.29, 1.82) is 0 Å². The summed E-state index contributed by atoms with van der Waals surface area (Å²) in [5, 5.41) is 0. The van der Waals surface area contributed by atoms with Crippen LogP contribution in [0.4, 0.5) is 0 Å². The SMILES string of the molecule is C=C1O[C@H](c2ccccc2Br)[C@@H](c2ccccc2Br)O1. The van der Waals surface area contributed by atoms with E-state index in [-0.39, 0.29) is 12.2 Å². The van der Waals surface area contributed by atoms with Crippen molar-refractivity contribution < 1.29 is 9.47 Å². The van der Waals surface area contributed by atoms with Gasteiger partial charge in [-0.25, -0.2) is 0 Å². The minimum absolute atomic E-state index is 0.211. The third kappa shape index (κ3) is 2.50. The average Bonchev–Trinajstić information content (AvgIpc) is 2.81. The van der Waals surface area contributed by atoms with Crippen molar-refractivity contribution >= 4 is 31.9 Å². The molecule has 0 unspecified atom stereocenters. The first-order valence-electron chi connectivity index (χ1n) is 6.18. The zero-order valence-electron chi connectivity index (χ0n) is 10.6. The molecule has 20 heavy (non-hydrogen) atoms. The minimum atomic E-state index is -0.211. The first-order chi connectivity index (χ1) is 9.66. The van der Waals surface area contributed by atoms with Crippen LogP contribution in [0.25, 0.3) is 0 Å². The third-order valence-corrected chi connectivity index (χ3v) is 4.66. The van der Waals surface area contributed by atoms with Crippen molar-refractivity contribution in [2.24, 2.45) is 0 Å². The van der Waals surface area contributed by atoms with E-state index in [9.17, 15) is 0 Å². The lowest BCUT2D eigenvalue weighted by Crippen LogP contribution is -2.08. The lowest BCUT2D eigenvalue weighted by molar-refractivity contribution is 0.142. The summed E-state index contributed by atoms with van der Waals surface area (Å²) in [5.74, 6) is 0.353. The van der Waals surface area contributed by atoms with Gasteiger partial charge in [-0.3, -0.25) is 0 Å². The van der Waals surface area contributed by atoms with Crippen LogP contribution in [0.3, 0.4) is 0 Å².